The minimum Gasteiger partial charge on any atom is -0.463 e. The van der Waals surface area contributed by atoms with Gasteiger partial charge in [-0.2, -0.15) is 0 Å². The predicted octanol–water partition coefficient (Wildman–Crippen LogP) is 13.1. The van der Waals surface area contributed by atoms with Gasteiger partial charge in [0.05, 0.1) is 36.0 Å². The topological polar surface area (TPSA) is 77.5 Å². The van der Waals surface area contributed by atoms with E-state index in [1.54, 1.807) is 0 Å². The lowest BCUT2D eigenvalue weighted by molar-refractivity contribution is -0.138. The molecule has 10 heteroatoms. The van der Waals surface area contributed by atoms with Crippen LogP contribution in [0.4, 0.5) is 34.1 Å². The Morgan fingerprint density at radius 1 is 0.517 bits per heavy atom. The molecule has 0 aliphatic carbocycles. The lowest BCUT2D eigenvalue weighted by Crippen LogP contribution is -2.16. The molecule has 2 heterocycles. The smallest absolute Gasteiger partial charge is 0.330 e. The van der Waals surface area contributed by atoms with Gasteiger partial charge in [-0.15, -0.1) is 0 Å². The van der Waals surface area contributed by atoms with E-state index < -0.39 is 11.9 Å². The van der Waals surface area contributed by atoms with Crippen molar-refractivity contribution < 1.29 is 28.5 Å². The summed E-state index contributed by atoms with van der Waals surface area (Å²) >= 11 is 12.9. The summed E-state index contributed by atoms with van der Waals surface area (Å²) in [7, 11) is 0. The zero-order valence-corrected chi connectivity index (χ0v) is 33.0. The Morgan fingerprint density at radius 3 is 1.26 bits per heavy atom. The Kier molecular flexibility index (Phi) is 11.2. The molecule has 8 nitrogen and oxygen atoms in total. The minimum atomic E-state index is -0.413. The number of benzene rings is 6. The number of nitrogens with zero attached hydrogens (tertiary/aromatic N) is 2. The highest BCUT2D eigenvalue weighted by atomic mass is 35.5. The number of carbonyl (C=O) groups is 2. The molecule has 58 heavy (non-hydrogen) atoms. The van der Waals surface area contributed by atoms with Crippen molar-refractivity contribution in [3.8, 4) is 34.1 Å². The summed E-state index contributed by atoms with van der Waals surface area (Å²) in [5.41, 5.74) is 9.58. The molecule has 0 bridgehead atoms. The van der Waals surface area contributed by atoms with Crippen molar-refractivity contribution in [3.63, 3.8) is 0 Å². The molecular weight excluding hydrogens is 771 g/mol. The molecular formula is C48H38Cl2N2O6. The summed E-state index contributed by atoms with van der Waals surface area (Å²) in [6.07, 6.45) is 5.31. The third-order valence-corrected chi connectivity index (χ3v) is 10.4. The van der Waals surface area contributed by atoms with Gasteiger partial charge in [-0.3, -0.25) is 0 Å². The number of hydrogen-bond acceptors (Lipinski definition) is 8. The van der Waals surface area contributed by atoms with Gasteiger partial charge in [-0.1, -0.05) is 72.8 Å². The van der Waals surface area contributed by atoms with E-state index in [9.17, 15) is 9.59 Å². The van der Waals surface area contributed by atoms with Gasteiger partial charge in [0.2, 0.25) is 0 Å². The second kappa shape index (κ2) is 16.9. The highest BCUT2D eigenvalue weighted by Gasteiger charge is 2.29. The van der Waals surface area contributed by atoms with Crippen LogP contribution in [0.15, 0.2) is 147 Å². The molecule has 6 aromatic rings. The van der Waals surface area contributed by atoms with E-state index in [-0.39, 0.29) is 0 Å². The average molecular weight is 810 g/mol. The number of anilines is 6. The molecule has 0 aromatic heterocycles. The van der Waals surface area contributed by atoms with E-state index in [2.05, 4.69) is 95.8 Å². The second-order valence-corrected chi connectivity index (χ2v) is 14.6. The Balaban J connectivity index is 1.07. The summed E-state index contributed by atoms with van der Waals surface area (Å²) < 4.78 is 23.4. The average Bonchev–Trinajstić information content (AvgIpc) is 3.24. The number of carbonyl (C=O) groups excluding carboxylic acids is 2. The molecule has 2 aliphatic rings. The molecule has 0 fully saturated rings. The maximum absolute atomic E-state index is 11.4. The van der Waals surface area contributed by atoms with E-state index in [4.69, 9.17) is 42.1 Å². The molecule has 0 N–H and O–H groups in total. The number of fused-ring (bicyclic) bond motifs is 4. The van der Waals surface area contributed by atoms with Crippen molar-refractivity contribution >= 4 is 69.3 Å². The van der Waals surface area contributed by atoms with Crippen LogP contribution in [0.1, 0.15) is 24.0 Å². The highest BCUT2D eigenvalue weighted by Crippen LogP contribution is 2.54. The van der Waals surface area contributed by atoms with E-state index in [0.717, 1.165) is 69.2 Å². The first-order valence-corrected chi connectivity index (χ1v) is 19.6. The van der Waals surface area contributed by atoms with Crippen LogP contribution in [-0.2, 0) is 31.9 Å². The van der Waals surface area contributed by atoms with Crippen LogP contribution in [-0.4, -0.2) is 25.2 Å². The van der Waals surface area contributed by atoms with Crippen molar-refractivity contribution in [1.29, 1.82) is 0 Å². The first kappa shape index (κ1) is 38.4. The van der Waals surface area contributed by atoms with Crippen LogP contribution in [0.5, 0.6) is 23.0 Å². The van der Waals surface area contributed by atoms with Gasteiger partial charge in [0.25, 0.3) is 0 Å². The molecule has 290 valence electrons. The molecule has 0 spiro atoms. The molecule has 0 unspecified atom stereocenters. The molecule has 0 atom stereocenters. The second-order valence-electron chi connectivity index (χ2n) is 13.7. The Hall–Kier alpha value is -6.48. The summed E-state index contributed by atoms with van der Waals surface area (Å²) in [6, 6.07) is 40.4. The molecule has 0 amide bonds. The van der Waals surface area contributed by atoms with Gasteiger partial charge in [-0.05, 0) is 121 Å². The van der Waals surface area contributed by atoms with E-state index in [1.807, 2.05) is 48.5 Å². The number of esters is 2. The van der Waals surface area contributed by atoms with Gasteiger partial charge in [-0.25, -0.2) is 9.59 Å². The van der Waals surface area contributed by atoms with Crippen LogP contribution in [0.2, 0.25) is 10.0 Å². The summed E-state index contributed by atoms with van der Waals surface area (Å²) in [4.78, 5) is 27.1. The summed E-state index contributed by atoms with van der Waals surface area (Å²) in [6.45, 7) is 7.56. The molecule has 0 radical (unpaired) electrons. The first-order chi connectivity index (χ1) is 28.3. The zero-order valence-electron chi connectivity index (χ0n) is 31.5. The number of ether oxygens (including phenoxy) is 4. The van der Waals surface area contributed by atoms with Crippen molar-refractivity contribution in [1.82, 2.24) is 0 Å². The predicted molar refractivity (Wildman–Crippen MR) is 230 cm³/mol. The number of halogens is 2. The maximum Gasteiger partial charge on any atom is 0.330 e. The minimum absolute atomic E-state index is 0.338. The third kappa shape index (κ3) is 8.16. The van der Waals surface area contributed by atoms with Gasteiger partial charge >= 0.3 is 11.9 Å². The van der Waals surface area contributed by atoms with Crippen LogP contribution >= 0.6 is 23.2 Å². The molecule has 0 saturated carbocycles. The van der Waals surface area contributed by atoms with Crippen molar-refractivity contribution in [2.75, 3.05) is 23.0 Å². The Labute approximate surface area is 347 Å². The van der Waals surface area contributed by atoms with Gasteiger partial charge < -0.3 is 28.7 Å². The van der Waals surface area contributed by atoms with Crippen LogP contribution in [0, 0.1) is 0 Å². The van der Waals surface area contributed by atoms with Crippen LogP contribution < -0.4 is 19.3 Å². The third-order valence-electron chi connectivity index (χ3n) is 9.93. The van der Waals surface area contributed by atoms with Crippen LogP contribution in [0.25, 0.3) is 11.1 Å². The Bertz CT molecular complexity index is 2360. The molecule has 0 saturated heterocycles. The molecule has 2 aliphatic heterocycles. The number of aryl methyl sites for hydroxylation is 2. The fourth-order valence-corrected chi connectivity index (χ4v) is 7.45. The fourth-order valence-electron chi connectivity index (χ4n) is 7.12. The molecule has 6 aromatic carbocycles. The quantitative estimate of drug-likeness (QED) is 0.0647. The monoisotopic (exact) mass is 808 g/mol. The fraction of sp³-hybridized carbons (Fsp3) is 0.125. The largest absolute Gasteiger partial charge is 0.463 e. The van der Waals surface area contributed by atoms with Gasteiger partial charge in [0, 0.05) is 45.7 Å². The van der Waals surface area contributed by atoms with Crippen LogP contribution in [0.3, 0.4) is 0 Å². The van der Waals surface area contributed by atoms with E-state index in [1.165, 1.54) is 12.2 Å². The summed E-state index contributed by atoms with van der Waals surface area (Å²) in [5.74, 6) is 1.82. The van der Waals surface area contributed by atoms with Crippen molar-refractivity contribution in [2.45, 2.75) is 25.7 Å². The Morgan fingerprint density at radius 2 is 0.879 bits per heavy atom. The lowest BCUT2D eigenvalue weighted by Gasteiger charge is -2.34. The van der Waals surface area contributed by atoms with Crippen molar-refractivity contribution in [2.24, 2.45) is 0 Å². The lowest BCUT2D eigenvalue weighted by atomic mass is 10.0. The first-order valence-electron chi connectivity index (χ1n) is 18.9. The summed E-state index contributed by atoms with van der Waals surface area (Å²) in [5, 5.41) is 1.15. The van der Waals surface area contributed by atoms with Gasteiger partial charge in [0.1, 0.15) is 0 Å². The standard InChI is InChI=1S/C48H38Cl2N2O6/c1-3-47(53)55-25-5-7-31-9-17-37(18-10-31)51-39-21-13-33(27-43(39)57-45-29-35(49)15-23-41(45)51)34-14-22-40-44(28-34)58-46-30-36(50)16-24-42(46)52(40)38-19-11-32(12-20-38)8-6-26-56-48(54)4-2/h3-4,9-24,27-30H,1-2,5-8,25-26H2. The highest BCUT2D eigenvalue weighted by molar-refractivity contribution is 6.31. The maximum atomic E-state index is 11.4. The van der Waals surface area contributed by atoms with Gasteiger partial charge in [0.15, 0.2) is 23.0 Å². The molecule has 8 rings (SSSR count). The zero-order chi connectivity index (χ0) is 40.2. The SMILES string of the molecule is C=CC(=O)OCCCc1ccc(N2c3ccc(Cl)cc3Oc3cc(-c4ccc5c(c4)Oc4cc(Cl)ccc4N5c4ccc(CCCOC(=O)C=C)cc4)ccc32)cc1. The van der Waals surface area contributed by atoms with Crippen molar-refractivity contribution in [3.05, 3.63) is 168 Å². The normalized spacial score (nSPS) is 12.2. The number of hydrogen-bond donors (Lipinski definition) is 0. The van der Waals surface area contributed by atoms with E-state index >= 15 is 0 Å². The number of rotatable bonds is 13. The van der Waals surface area contributed by atoms with E-state index in [0.29, 0.717) is 59.1 Å².